The summed E-state index contributed by atoms with van der Waals surface area (Å²) in [5.41, 5.74) is 1.43. The molecule has 0 atom stereocenters. The number of amides is 1. The van der Waals surface area contributed by atoms with Gasteiger partial charge in [-0.05, 0) is 34.1 Å². The maximum absolute atomic E-state index is 11.9. The van der Waals surface area contributed by atoms with Crippen LogP contribution in [0.3, 0.4) is 0 Å². The Morgan fingerprint density at radius 2 is 1.84 bits per heavy atom. The first-order valence-electron chi connectivity index (χ1n) is 8.56. The predicted molar refractivity (Wildman–Crippen MR) is 113 cm³/mol. The topological polar surface area (TPSA) is 172 Å². The zero-order valence-corrected chi connectivity index (χ0v) is 18.2. The Labute approximate surface area is 188 Å². The number of nitrogens with one attached hydrogen (secondary N) is 1. The number of hydrazone groups is 1. The van der Waals surface area contributed by atoms with Crippen LogP contribution in [0.15, 0.2) is 39.9 Å². The van der Waals surface area contributed by atoms with Crippen LogP contribution in [0.2, 0.25) is 0 Å². The van der Waals surface area contributed by atoms with E-state index in [-0.39, 0.29) is 33.0 Å². The number of non-ortho nitro benzene ring substituents is 1. The largest absolute Gasteiger partial charge is 0.488 e. The molecule has 0 radical (unpaired) electrons. The van der Waals surface area contributed by atoms with Gasteiger partial charge in [-0.2, -0.15) is 5.10 Å². The molecule has 32 heavy (non-hydrogen) atoms. The predicted octanol–water partition coefficient (Wildman–Crippen LogP) is 2.73. The fourth-order valence-electron chi connectivity index (χ4n) is 2.36. The van der Waals surface area contributed by atoms with Crippen molar-refractivity contribution in [3.05, 3.63) is 60.6 Å². The summed E-state index contributed by atoms with van der Waals surface area (Å²) in [6, 6.07) is 6.29. The van der Waals surface area contributed by atoms with Gasteiger partial charge in [0.2, 0.25) is 5.75 Å². The average molecular weight is 511 g/mol. The van der Waals surface area contributed by atoms with Crippen LogP contribution in [0, 0.1) is 20.2 Å². The van der Waals surface area contributed by atoms with E-state index in [0.717, 1.165) is 13.1 Å². The molecular weight excluding hydrogens is 496 g/mol. The molecule has 0 aliphatic heterocycles. The number of rotatable bonds is 9. The lowest BCUT2D eigenvalue weighted by atomic mass is 10.1. The highest BCUT2D eigenvalue weighted by Crippen LogP contribution is 2.39. The summed E-state index contributed by atoms with van der Waals surface area (Å²) >= 11 is 3.11. The monoisotopic (exact) mass is 510 g/mol. The van der Waals surface area contributed by atoms with Crippen LogP contribution in [0.5, 0.6) is 17.2 Å². The molecule has 0 aliphatic rings. The fraction of sp³-hybridized carbons (Fsp3) is 0.167. The molecule has 0 bridgehead atoms. The molecule has 0 saturated carbocycles. The lowest BCUT2D eigenvalue weighted by molar-refractivity contribution is -0.386. The standard InChI is InChI=1S/C18H15BrN4O9/c1-10(24)32-15-5-3-11(17(23(28)29)18(15)30-2)8-20-21-16(25)9-31-14-6-4-12(22(26)27)7-13(14)19/h3-8H,9H2,1-2H3,(H,21,25)/b20-8+. The number of hydrogen-bond acceptors (Lipinski definition) is 10. The summed E-state index contributed by atoms with van der Waals surface area (Å²) in [7, 11) is 1.17. The lowest BCUT2D eigenvalue weighted by Gasteiger charge is -2.09. The maximum Gasteiger partial charge on any atom is 0.323 e. The third-order valence-corrected chi connectivity index (χ3v) is 4.26. The molecule has 2 aromatic carbocycles. The van der Waals surface area contributed by atoms with E-state index in [0.29, 0.717) is 0 Å². The molecule has 168 valence electrons. The molecule has 0 heterocycles. The third kappa shape index (κ3) is 6.21. The van der Waals surface area contributed by atoms with Gasteiger partial charge < -0.3 is 14.2 Å². The number of ether oxygens (including phenoxy) is 3. The number of carbonyl (C=O) groups is 2. The van der Waals surface area contributed by atoms with Gasteiger partial charge in [0.1, 0.15) is 5.75 Å². The van der Waals surface area contributed by atoms with Crippen LogP contribution < -0.4 is 19.6 Å². The fourth-order valence-corrected chi connectivity index (χ4v) is 2.84. The number of carbonyl (C=O) groups excluding carboxylic acids is 2. The minimum absolute atomic E-state index is 0.0258. The number of nitro groups is 2. The van der Waals surface area contributed by atoms with Gasteiger partial charge in [0.15, 0.2) is 12.4 Å². The van der Waals surface area contributed by atoms with E-state index in [1.54, 1.807) is 0 Å². The van der Waals surface area contributed by atoms with E-state index in [2.05, 4.69) is 26.5 Å². The Kier molecular flexibility index (Phi) is 8.17. The molecule has 0 spiro atoms. The second-order valence-electron chi connectivity index (χ2n) is 5.84. The number of esters is 1. The smallest absolute Gasteiger partial charge is 0.323 e. The van der Waals surface area contributed by atoms with Gasteiger partial charge in [0.05, 0.1) is 33.2 Å². The Morgan fingerprint density at radius 3 is 2.41 bits per heavy atom. The van der Waals surface area contributed by atoms with Crippen molar-refractivity contribution < 1.29 is 33.6 Å². The Morgan fingerprint density at radius 1 is 1.16 bits per heavy atom. The van der Waals surface area contributed by atoms with E-state index in [4.69, 9.17) is 14.2 Å². The van der Waals surface area contributed by atoms with Crippen LogP contribution >= 0.6 is 15.9 Å². The van der Waals surface area contributed by atoms with Gasteiger partial charge in [-0.3, -0.25) is 29.8 Å². The number of nitrogens with zero attached hydrogens (tertiary/aromatic N) is 3. The van der Waals surface area contributed by atoms with Crippen LogP contribution in [-0.2, 0) is 9.59 Å². The zero-order chi connectivity index (χ0) is 23.8. The van der Waals surface area contributed by atoms with E-state index in [1.165, 1.54) is 37.4 Å². The number of benzene rings is 2. The highest BCUT2D eigenvalue weighted by molar-refractivity contribution is 9.10. The molecule has 0 unspecified atom stereocenters. The lowest BCUT2D eigenvalue weighted by Crippen LogP contribution is -2.24. The van der Waals surface area contributed by atoms with Gasteiger partial charge >= 0.3 is 11.7 Å². The van der Waals surface area contributed by atoms with Crippen molar-refractivity contribution in [1.82, 2.24) is 5.43 Å². The molecule has 13 nitrogen and oxygen atoms in total. The number of halogens is 1. The highest BCUT2D eigenvalue weighted by Gasteiger charge is 2.25. The van der Waals surface area contributed by atoms with Gasteiger partial charge in [0.25, 0.3) is 11.6 Å². The molecule has 0 fully saturated rings. The van der Waals surface area contributed by atoms with E-state index < -0.39 is 34.0 Å². The first-order chi connectivity index (χ1) is 15.1. The van der Waals surface area contributed by atoms with Crippen molar-refractivity contribution in [1.29, 1.82) is 0 Å². The van der Waals surface area contributed by atoms with Crippen molar-refractivity contribution in [2.24, 2.45) is 5.10 Å². The maximum atomic E-state index is 11.9. The Bertz CT molecular complexity index is 1100. The molecule has 1 amide bonds. The zero-order valence-electron chi connectivity index (χ0n) is 16.6. The molecule has 2 rings (SSSR count). The van der Waals surface area contributed by atoms with E-state index in [1.807, 2.05) is 0 Å². The molecular formula is C18H15BrN4O9. The second-order valence-corrected chi connectivity index (χ2v) is 6.69. The van der Waals surface area contributed by atoms with Gasteiger partial charge in [0, 0.05) is 19.1 Å². The summed E-state index contributed by atoms with van der Waals surface area (Å²) in [4.78, 5) is 43.9. The Balaban J connectivity index is 2.08. The first-order valence-corrected chi connectivity index (χ1v) is 9.35. The van der Waals surface area contributed by atoms with Crippen LogP contribution in [0.25, 0.3) is 0 Å². The van der Waals surface area contributed by atoms with Crippen molar-refractivity contribution in [2.45, 2.75) is 6.92 Å². The van der Waals surface area contributed by atoms with Gasteiger partial charge in [-0.25, -0.2) is 5.43 Å². The van der Waals surface area contributed by atoms with Crippen molar-refractivity contribution >= 4 is 45.4 Å². The highest BCUT2D eigenvalue weighted by atomic mass is 79.9. The van der Waals surface area contributed by atoms with E-state index >= 15 is 0 Å². The molecule has 0 aliphatic carbocycles. The van der Waals surface area contributed by atoms with Crippen LogP contribution in [0.4, 0.5) is 11.4 Å². The summed E-state index contributed by atoms with van der Waals surface area (Å²) < 4.78 is 15.4. The van der Waals surface area contributed by atoms with Crippen molar-refractivity contribution in [3.8, 4) is 17.2 Å². The normalized spacial score (nSPS) is 10.5. The van der Waals surface area contributed by atoms with Crippen LogP contribution in [0.1, 0.15) is 12.5 Å². The second kappa shape index (κ2) is 10.8. The molecule has 1 N–H and O–H groups in total. The molecule has 0 saturated heterocycles. The SMILES string of the molecule is COc1c(OC(C)=O)ccc(/C=N/NC(=O)COc2ccc([N+](=O)[O-])cc2Br)c1[N+](=O)[O-]. The molecule has 2 aromatic rings. The third-order valence-electron chi connectivity index (χ3n) is 3.64. The average Bonchev–Trinajstić information content (AvgIpc) is 2.72. The van der Waals surface area contributed by atoms with Crippen molar-refractivity contribution in [2.75, 3.05) is 13.7 Å². The number of methoxy groups -OCH3 is 1. The minimum Gasteiger partial charge on any atom is -0.488 e. The summed E-state index contributed by atoms with van der Waals surface area (Å²) in [5.74, 6) is -1.62. The van der Waals surface area contributed by atoms with Gasteiger partial charge in [-0.1, -0.05) is 0 Å². The summed E-state index contributed by atoms with van der Waals surface area (Å²) in [6.07, 6.45) is 1.01. The quantitative estimate of drug-likeness (QED) is 0.175. The molecule has 14 heteroatoms. The summed E-state index contributed by atoms with van der Waals surface area (Å²) in [5, 5.41) is 25.8. The van der Waals surface area contributed by atoms with Gasteiger partial charge in [-0.15, -0.1) is 0 Å². The van der Waals surface area contributed by atoms with Crippen LogP contribution in [-0.4, -0.2) is 41.7 Å². The Hall–Kier alpha value is -4.07. The molecule has 0 aromatic heterocycles. The van der Waals surface area contributed by atoms with E-state index in [9.17, 15) is 29.8 Å². The first kappa shape index (κ1) is 24.2. The number of hydrogen-bond donors (Lipinski definition) is 1. The number of nitro benzene ring substituents is 2. The summed E-state index contributed by atoms with van der Waals surface area (Å²) in [6.45, 7) is 0.651. The van der Waals surface area contributed by atoms with Crippen molar-refractivity contribution in [3.63, 3.8) is 0 Å². The minimum atomic E-state index is -0.746.